The third-order valence-electron chi connectivity index (χ3n) is 5.33. The molecular weight excluding hydrogens is 455 g/mol. The summed E-state index contributed by atoms with van der Waals surface area (Å²) in [6, 6.07) is 8.78. The van der Waals surface area contributed by atoms with Gasteiger partial charge in [-0.15, -0.1) is 0 Å². The van der Waals surface area contributed by atoms with Gasteiger partial charge in [0.15, 0.2) is 0 Å². The summed E-state index contributed by atoms with van der Waals surface area (Å²) >= 11 is 0. The molecule has 3 aromatic rings. The van der Waals surface area contributed by atoms with E-state index in [-0.39, 0.29) is 23.4 Å². The molecule has 1 aromatic heterocycles. The van der Waals surface area contributed by atoms with E-state index in [0.717, 1.165) is 12.8 Å². The number of nitrogens with one attached hydrogen (secondary N) is 3. The summed E-state index contributed by atoms with van der Waals surface area (Å²) in [5, 5.41) is 8.59. The molecule has 10 heteroatoms. The Kier molecular flexibility index (Phi) is 7.61. The molecule has 1 heterocycles. The van der Waals surface area contributed by atoms with Gasteiger partial charge in [0.1, 0.15) is 23.1 Å². The van der Waals surface area contributed by atoms with Gasteiger partial charge in [0, 0.05) is 42.9 Å². The SMILES string of the molecule is CCOCCNC(=O)c1cc2c(Oc3ccc(NC(=O)NC4CC4)c(F)c3)ccnc2cc1OC. The molecule has 3 amide bonds. The van der Waals surface area contributed by atoms with Gasteiger partial charge in [-0.2, -0.15) is 0 Å². The van der Waals surface area contributed by atoms with Crippen LogP contribution in [0.3, 0.4) is 0 Å². The molecule has 0 aliphatic heterocycles. The van der Waals surface area contributed by atoms with Gasteiger partial charge in [-0.25, -0.2) is 9.18 Å². The summed E-state index contributed by atoms with van der Waals surface area (Å²) < 4.78 is 31.2. The first-order valence-electron chi connectivity index (χ1n) is 11.4. The predicted octanol–water partition coefficient (Wildman–Crippen LogP) is 4.23. The number of benzene rings is 2. The van der Waals surface area contributed by atoms with Crippen molar-refractivity contribution in [1.82, 2.24) is 15.6 Å². The first kappa shape index (κ1) is 24.2. The summed E-state index contributed by atoms with van der Waals surface area (Å²) in [6.45, 7) is 3.19. The molecule has 0 atom stereocenters. The topological polar surface area (TPSA) is 111 Å². The van der Waals surface area contributed by atoms with Gasteiger partial charge >= 0.3 is 6.03 Å². The molecule has 3 N–H and O–H groups in total. The van der Waals surface area contributed by atoms with Crippen molar-refractivity contribution in [3.8, 4) is 17.2 Å². The highest BCUT2D eigenvalue weighted by Crippen LogP contribution is 2.34. The number of urea groups is 1. The van der Waals surface area contributed by atoms with Crippen LogP contribution in [0.1, 0.15) is 30.1 Å². The molecule has 4 rings (SSSR count). The molecule has 184 valence electrons. The number of methoxy groups -OCH3 is 1. The maximum absolute atomic E-state index is 14.6. The second-order valence-corrected chi connectivity index (χ2v) is 7.95. The number of anilines is 1. The fraction of sp³-hybridized carbons (Fsp3) is 0.320. The second kappa shape index (κ2) is 11.0. The van der Waals surface area contributed by atoms with Gasteiger partial charge in [-0.3, -0.25) is 9.78 Å². The molecule has 0 saturated heterocycles. The Morgan fingerprint density at radius 3 is 2.69 bits per heavy atom. The molecule has 1 fully saturated rings. The smallest absolute Gasteiger partial charge is 0.319 e. The second-order valence-electron chi connectivity index (χ2n) is 7.95. The lowest BCUT2D eigenvalue weighted by Gasteiger charge is -2.14. The van der Waals surface area contributed by atoms with E-state index in [1.165, 1.54) is 19.2 Å². The zero-order valence-electron chi connectivity index (χ0n) is 19.5. The van der Waals surface area contributed by atoms with Crippen LogP contribution in [0, 0.1) is 5.82 Å². The maximum atomic E-state index is 14.6. The Morgan fingerprint density at radius 1 is 1.14 bits per heavy atom. The van der Waals surface area contributed by atoms with Crippen molar-refractivity contribution in [2.75, 3.05) is 32.2 Å². The highest BCUT2D eigenvalue weighted by Gasteiger charge is 2.23. The van der Waals surface area contributed by atoms with E-state index >= 15 is 0 Å². The number of rotatable bonds is 10. The highest BCUT2D eigenvalue weighted by molar-refractivity contribution is 6.02. The van der Waals surface area contributed by atoms with E-state index in [4.69, 9.17) is 14.2 Å². The lowest BCUT2D eigenvalue weighted by molar-refractivity contribution is 0.0920. The molecule has 0 radical (unpaired) electrons. The van der Waals surface area contributed by atoms with Crippen LogP contribution in [-0.2, 0) is 4.74 Å². The first-order chi connectivity index (χ1) is 17.0. The third-order valence-corrected chi connectivity index (χ3v) is 5.33. The average molecular weight is 483 g/mol. The highest BCUT2D eigenvalue weighted by atomic mass is 19.1. The minimum atomic E-state index is -0.636. The monoisotopic (exact) mass is 482 g/mol. The Balaban J connectivity index is 1.55. The van der Waals surface area contributed by atoms with Crippen molar-refractivity contribution in [3.63, 3.8) is 0 Å². The largest absolute Gasteiger partial charge is 0.496 e. The number of fused-ring (bicyclic) bond motifs is 1. The molecule has 35 heavy (non-hydrogen) atoms. The van der Waals surface area contributed by atoms with E-state index in [9.17, 15) is 14.0 Å². The summed E-state index contributed by atoms with van der Waals surface area (Å²) in [7, 11) is 1.47. The quantitative estimate of drug-likeness (QED) is 0.373. The number of carbonyl (C=O) groups excluding carboxylic acids is 2. The van der Waals surface area contributed by atoms with Gasteiger partial charge in [0.05, 0.1) is 30.5 Å². The van der Waals surface area contributed by atoms with E-state index < -0.39 is 11.8 Å². The third kappa shape index (κ3) is 6.15. The number of nitrogens with zero attached hydrogens (tertiary/aromatic N) is 1. The van der Waals surface area contributed by atoms with E-state index in [2.05, 4.69) is 20.9 Å². The van der Waals surface area contributed by atoms with Crippen LogP contribution < -0.4 is 25.4 Å². The number of amides is 3. The average Bonchev–Trinajstić information content (AvgIpc) is 3.66. The molecule has 9 nitrogen and oxygen atoms in total. The molecule has 0 spiro atoms. The van der Waals surface area contributed by atoms with Gasteiger partial charge in [-0.05, 0) is 44.0 Å². The van der Waals surface area contributed by atoms with Crippen LogP contribution in [0.25, 0.3) is 10.9 Å². The Labute approximate surface area is 202 Å². The van der Waals surface area contributed by atoms with Crippen molar-refractivity contribution >= 4 is 28.5 Å². The summed E-state index contributed by atoms with van der Waals surface area (Å²) in [6.07, 6.45) is 3.42. The summed E-state index contributed by atoms with van der Waals surface area (Å²) in [5.41, 5.74) is 0.897. The van der Waals surface area contributed by atoms with E-state index in [0.29, 0.717) is 47.7 Å². The van der Waals surface area contributed by atoms with Gasteiger partial charge in [-0.1, -0.05) is 0 Å². The zero-order valence-corrected chi connectivity index (χ0v) is 19.5. The Morgan fingerprint density at radius 2 is 1.97 bits per heavy atom. The number of pyridine rings is 1. The maximum Gasteiger partial charge on any atom is 0.319 e. The molecule has 1 aliphatic carbocycles. The molecule has 1 saturated carbocycles. The van der Waals surface area contributed by atoms with Crippen molar-refractivity contribution in [2.24, 2.45) is 0 Å². The lowest BCUT2D eigenvalue weighted by atomic mass is 10.1. The minimum absolute atomic E-state index is 0.0471. The number of hydrogen-bond donors (Lipinski definition) is 3. The fourth-order valence-electron chi connectivity index (χ4n) is 3.42. The number of ether oxygens (including phenoxy) is 3. The number of aromatic nitrogens is 1. The van der Waals surface area contributed by atoms with Crippen LogP contribution in [0.15, 0.2) is 42.6 Å². The molecule has 1 aliphatic rings. The fourth-order valence-corrected chi connectivity index (χ4v) is 3.42. The van der Waals surface area contributed by atoms with E-state index in [1.54, 1.807) is 30.5 Å². The summed E-state index contributed by atoms with van der Waals surface area (Å²) in [5.74, 6) is 0.00309. The Hall–Kier alpha value is -3.92. The van der Waals surface area contributed by atoms with Crippen LogP contribution in [0.5, 0.6) is 17.2 Å². The van der Waals surface area contributed by atoms with Gasteiger partial charge in [0.2, 0.25) is 0 Å². The predicted molar refractivity (Wildman–Crippen MR) is 129 cm³/mol. The van der Waals surface area contributed by atoms with Gasteiger partial charge in [0.25, 0.3) is 5.91 Å². The molecule has 0 unspecified atom stereocenters. The zero-order chi connectivity index (χ0) is 24.8. The van der Waals surface area contributed by atoms with E-state index in [1.807, 2.05) is 6.92 Å². The Bertz CT molecular complexity index is 1230. The molecule has 0 bridgehead atoms. The molecular formula is C25H27FN4O5. The standard InChI is InChI=1S/C25H27FN4O5/c1-3-34-11-10-28-24(31)18-13-17-21(14-23(18)33-2)27-9-8-22(17)35-16-6-7-20(19(26)12-16)30-25(32)29-15-4-5-15/h6-9,12-15H,3-5,10-11H2,1-2H3,(H,28,31)(H2,29,30,32). The molecule has 2 aromatic carbocycles. The first-order valence-corrected chi connectivity index (χ1v) is 11.4. The normalized spacial score (nSPS) is 12.8. The number of halogens is 1. The van der Waals surface area contributed by atoms with Gasteiger partial charge < -0.3 is 30.2 Å². The van der Waals surface area contributed by atoms with Crippen LogP contribution in [0.2, 0.25) is 0 Å². The van der Waals surface area contributed by atoms with Crippen LogP contribution in [0.4, 0.5) is 14.9 Å². The number of carbonyl (C=O) groups is 2. The van der Waals surface area contributed by atoms with Crippen molar-refractivity contribution < 1.29 is 28.2 Å². The lowest BCUT2D eigenvalue weighted by Crippen LogP contribution is -2.30. The number of hydrogen-bond acceptors (Lipinski definition) is 6. The van der Waals surface area contributed by atoms with Crippen LogP contribution >= 0.6 is 0 Å². The summed E-state index contributed by atoms with van der Waals surface area (Å²) in [4.78, 5) is 29.0. The van der Waals surface area contributed by atoms with Crippen molar-refractivity contribution in [2.45, 2.75) is 25.8 Å². The van der Waals surface area contributed by atoms with Crippen molar-refractivity contribution in [3.05, 3.63) is 54.0 Å². The van der Waals surface area contributed by atoms with Crippen molar-refractivity contribution in [1.29, 1.82) is 0 Å². The minimum Gasteiger partial charge on any atom is -0.496 e. The van der Waals surface area contributed by atoms with Crippen LogP contribution in [-0.4, -0.2) is 49.8 Å².